The average molecular weight is 236 g/mol. The zero-order valence-electron chi connectivity index (χ0n) is 8.20. The number of nitrogens with zero attached hydrogens (tertiary/aromatic N) is 3. The Balaban J connectivity index is 2.67. The fourth-order valence-corrected chi connectivity index (χ4v) is 1.56. The molecular formula is C7H10F2N4OS. The Kier molecular flexibility index (Phi) is 3.89. The minimum Gasteiger partial charge on any atom is -0.363 e. The topological polar surface area (TPSA) is 58.1 Å². The van der Waals surface area contributed by atoms with Gasteiger partial charge in [-0.25, -0.2) is 8.78 Å². The first kappa shape index (κ1) is 11.8. The summed E-state index contributed by atoms with van der Waals surface area (Å²) in [5.41, 5.74) is 0. The van der Waals surface area contributed by atoms with Crippen LogP contribution >= 0.6 is 11.3 Å². The van der Waals surface area contributed by atoms with Gasteiger partial charge in [0, 0.05) is 14.1 Å². The van der Waals surface area contributed by atoms with Crippen LogP contribution in [0.5, 0.6) is 0 Å². The van der Waals surface area contributed by atoms with Gasteiger partial charge in [0.1, 0.15) is 0 Å². The van der Waals surface area contributed by atoms with Crippen molar-refractivity contribution in [2.24, 2.45) is 0 Å². The molecule has 0 spiro atoms. The van der Waals surface area contributed by atoms with Crippen LogP contribution < -0.4 is 5.32 Å². The number of hydrogen-bond acceptors (Lipinski definition) is 5. The second-order valence-electron chi connectivity index (χ2n) is 2.74. The van der Waals surface area contributed by atoms with Gasteiger partial charge in [-0.1, -0.05) is 11.3 Å². The molecular weight excluding hydrogens is 226 g/mol. The highest BCUT2D eigenvalue weighted by Crippen LogP contribution is 2.15. The molecule has 0 radical (unpaired) electrons. The zero-order valence-corrected chi connectivity index (χ0v) is 9.02. The SMILES string of the molecule is CNc1nnc(C(=O)N(C)CC(F)F)s1. The van der Waals surface area contributed by atoms with Crippen LogP contribution in [0.2, 0.25) is 0 Å². The molecule has 1 N–H and O–H groups in total. The minimum atomic E-state index is -2.55. The van der Waals surface area contributed by atoms with Gasteiger partial charge in [0.15, 0.2) is 0 Å². The van der Waals surface area contributed by atoms with E-state index < -0.39 is 18.9 Å². The second kappa shape index (κ2) is 4.96. The third-order valence-electron chi connectivity index (χ3n) is 1.58. The number of nitrogens with one attached hydrogen (secondary N) is 1. The number of amides is 1. The molecule has 1 aromatic heterocycles. The van der Waals surface area contributed by atoms with E-state index in [9.17, 15) is 13.6 Å². The van der Waals surface area contributed by atoms with Crippen LogP contribution in [0.3, 0.4) is 0 Å². The maximum Gasteiger partial charge on any atom is 0.284 e. The number of aromatic nitrogens is 2. The van der Waals surface area contributed by atoms with E-state index in [-0.39, 0.29) is 5.01 Å². The van der Waals surface area contributed by atoms with E-state index in [1.165, 1.54) is 7.05 Å². The Morgan fingerprint density at radius 2 is 2.27 bits per heavy atom. The number of halogens is 2. The van der Waals surface area contributed by atoms with Gasteiger partial charge in [-0.3, -0.25) is 4.79 Å². The molecule has 0 aliphatic heterocycles. The van der Waals surface area contributed by atoms with Crippen LogP contribution in [0.25, 0.3) is 0 Å². The van der Waals surface area contributed by atoms with Crippen molar-refractivity contribution in [3.63, 3.8) is 0 Å². The summed E-state index contributed by atoms with van der Waals surface area (Å²) < 4.78 is 24.0. The lowest BCUT2D eigenvalue weighted by Crippen LogP contribution is -2.31. The van der Waals surface area contributed by atoms with Crippen LogP contribution in [-0.4, -0.2) is 48.1 Å². The number of carbonyl (C=O) groups excluding carboxylic acids is 1. The molecule has 1 heterocycles. The van der Waals surface area contributed by atoms with Crippen molar-refractivity contribution in [1.29, 1.82) is 0 Å². The molecule has 0 aliphatic carbocycles. The monoisotopic (exact) mass is 236 g/mol. The lowest BCUT2D eigenvalue weighted by atomic mass is 10.5. The molecule has 0 atom stereocenters. The smallest absolute Gasteiger partial charge is 0.284 e. The molecule has 0 saturated heterocycles. The van der Waals surface area contributed by atoms with Crippen LogP contribution in [-0.2, 0) is 0 Å². The number of hydrogen-bond donors (Lipinski definition) is 1. The fourth-order valence-electron chi connectivity index (χ4n) is 0.864. The lowest BCUT2D eigenvalue weighted by Gasteiger charge is -2.13. The Labute approximate surface area is 89.1 Å². The maximum atomic E-state index is 12.0. The van der Waals surface area contributed by atoms with Crippen molar-refractivity contribution in [3.05, 3.63) is 5.01 Å². The summed E-state index contributed by atoms with van der Waals surface area (Å²) in [6.45, 7) is -0.604. The first-order chi connectivity index (χ1) is 7.04. The van der Waals surface area contributed by atoms with Crippen LogP contribution in [0, 0.1) is 0 Å². The lowest BCUT2D eigenvalue weighted by molar-refractivity contribution is 0.0619. The van der Waals surface area contributed by atoms with Crippen molar-refractivity contribution in [2.75, 3.05) is 26.0 Å². The highest BCUT2D eigenvalue weighted by atomic mass is 32.1. The van der Waals surface area contributed by atoms with Gasteiger partial charge in [0.25, 0.3) is 12.3 Å². The molecule has 15 heavy (non-hydrogen) atoms. The number of anilines is 1. The Morgan fingerprint density at radius 3 is 2.73 bits per heavy atom. The molecule has 5 nitrogen and oxygen atoms in total. The van der Waals surface area contributed by atoms with Gasteiger partial charge < -0.3 is 10.2 Å². The summed E-state index contributed by atoms with van der Waals surface area (Å²) in [4.78, 5) is 12.4. The quantitative estimate of drug-likeness (QED) is 0.844. The molecule has 1 amide bonds. The van der Waals surface area contributed by atoms with Crippen molar-refractivity contribution in [2.45, 2.75) is 6.43 Å². The summed E-state index contributed by atoms with van der Waals surface area (Å²) >= 11 is 1.03. The van der Waals surface area contributed by atoms with Gasteiger partial charge >= 0.3 is 0 Å². The molecule has 8 heteroatoms. The van der Waals surface area contributed by atoms with Crippen LogP contribution in [0.4, 0.5) is 13.9 Å². The highest BCUT2D eigenvalue weighted by molar-refractivity contribution is 7.17. The molecule has 0 bridgehead atoms. The van der Waals surface area contributed by atoms with E-state index in [1.54, 1.807) is 7.05 Å². The first-order valence-electron chi connectivity index (χ1n) is 4.09. The predicted molar refractivity (Wildman–Crippen MR) is 52.4 cm³/mol. The average Bonchev–Trinajstić information content (AvgIpc) is 2.63. The molecule has 0 saturated carbocycles. The van der Waals surface area contributed by atoms with Gasteiger partial charge in [-0.15, -0.1) is 10.2 Å². The van der Waals surface area contributed by atoms with Crippen molar-refractivity contribution < 1.29 is 13.6 Å². The van der Waals surface area contributed by atoms with Crippen molar-refractivity contribution >= 4 is 22.4 Å². The predicted octanol–water partition coefficient (Wildman–Crippen LogP) is 0.917. The number of carbonyl (C=O) groups is 1. The minimum absolute atomic E-state index is 0.0995. The fraction of sp³-hybridized carbons (Fsp3) is 0.571. The molecule has 0 aliphatic rings. The highest BCUT2D eigenvalue weighted by Gasteiger charge is 2.19. The summed E-state index contributed by atoms with van der Waals surface area (Å²) in [6, 6.07) is 0. The van der Waals surface area contributed by atoms with Gasteiger partial charge in [-0.2, -0.15) is 0 Å². The molecule has 1 aromatic rings. The molecule has 1 rings (SSSR count). The van der Waals surface area contributed by atoms with E-state index in [0.717, 1.165) is 16.2 Å². The summed E-state index contributed by atoms with van der Waals surface area (Å²) in [6.07, 6.45) is -2.55. The standard InChI is InChI=1S/C7H10F2N4OS/c1-10-7-12-11-5(15-7)6(14)13(2)3-4(8)9/h4H,3H2,1-2H3,(H,10,12). The third-order valence-corrected chi connectivity index (χ3v) is 2.51. The van der Waals surface area contributed by atoms with E-state index in [4.69, 9.17) is 0 Å². The molecule has 0 unspecified atom stereocenters. The first-order valence-corrected chi connectivity index (χ1v) is 4.91. The van der Waals surface area contributed by atoms with E-state index >= 15 is 0 Å². The molecule has 0 aromatic carbocycles. The van der Waals surface area contributed by atoms with Gasteiger partial charge in [0.2, 0.25) is 10.1 Å². The molecule has 0 fully saturated rings. The van der Waals surface area contributed by atoms with Crippen molar-refractivity contribution in [3.8, 4) is 0 Å². The maximum absolute atomic E-state index is 12.0. The number of rotatable bonds is 4. The Morgan fingerprint density at radius 1 is 1.60 bits per heavy atom. The van der Waals surface area contributed by atoms with E-state index in [1.807, 2.05) is 0 Å². The van der Waals surface area contributed by atoms with Gasteiger partial charge in [0.05, 0.1) is 6.54 Å². The largest absolute Gasteiger partial charge is 0.363 e. The third kappa shape index (κ3) is 3.08. The van der Waals surface area contributed by atoms with E-state index in [2.05, 4.69) is 15.5 Å². The van der Waals surface area contributed by atoms with Crippen LogP contribution in [0.15, 0.2) is 0 Å². The Bertz CT molecular complexity index is 343. The zero-order chi connectivity index (χ0) is 11.4. The normalized spacial score (nSPS) is 10.5. The summed E-state index contributed by atoms with van der Waals surface area (Å²) in [5.74, 6) is -0.547. The van der Waals surface area contributed by atoms with Gasteiger partial charge in [-0.05, 0) is 0 Å². The van der Waals surface area contributed by atoms with E-state index in [0.29, 0.717) is 5.13 Å². The summed E-state index contributed by atoms with van der Waals surface area (Å²) in [5, 5.41) is 10.5. The number of alkyl halides is 2. The van der Waals surface area contributed by atoms with Crippen molar-refractivity contribution in [1.82, 2.24) is 15.1 Å². The summed E-state index contributed by atoms with van der Waals surface area (Å²) in [7, 11) is 2.94. The second-order valence-corrected chi connectivity index (χ2v) is 3.72. The molecule has 84 valence electrons. The Hall–Kier alpha value is -1.31. The van der Waals surface area contributed by atoms with Crippen LogP contribution in [0.1, 0.15) is 9.80 Å².